The summed E-state index contributed by atoms with van der Waals surface area (Å²) in [6.07, 6.45) is 1.09. The number of ether oxygens (including phenoxy) is 1. The third kappa shape index (κ3) is 9.96. The highest BCUT2D eigenvalue weighted by molar-refractivity contribution is 4.64. The lowest BCUT2D eigenvalue weighted by molar-refractivity contribution is 0.193. The van der Waals surface area contributed by atoms with Crippen molar-refractivity contribution in [2.24, 2.45) is 5.92 Å². The molecule has 0 fully saturated rings. The quantitative estimate of drug-likeness (QED) is 0.552. The van der Waals surface area contributed by atoms with E-state index in [2.05, 4.69) is 31.4 Å². The van der Waals surface area contributed by atoms with Crippen LogP contribution in [0.5, 0.6) is 0 Å². The summed E-state index contributed by atoms with van der Waals surface area (Å²) in [5, 5.41) is 6.88. The van der Waals surface area contributed by atoms with Crippen LogP contribution in [0.1, 0.15) is 27.2 Å². The SMILES string of the molecule is COCCCNC(C)CNCC(C)C. The van der Waals surface area contributed by atoms with Gasteiger partial charge in [-0.15, -0.1) is 0 Å². The average Bonchev–Trinajstić information content (AvgIpc) is 2.12. The molecule has 0 bridgehead atoms. The molecule has 14 heavy (non-hydrogen) atoms. The van der Waals surface area contributed by atoms with E-state index in [4.69, 9.17) is 4.74 Å². The Bertz CT molecular complexity index is 118. The first-order valence-corrected chi connectivity index (χ1v) is 5.59. The van der Waals surface area contributed by atoms with Crippen LogP contribution in [0.4, 0.5) is 0 Å². The van der Waals surface area contributed by atoms with Gasteiger partial charge in [0.25, 0.3) is 0 Å². The standard InChI is InChI=1S/C11H26N2O/c1-10(2)8-12-9-11(3)13-6-5-7-14-4/h10-13H,5-9H2,1-4H3. The van der Waals surface area contributed by atoms with Gasteiger partial charge in [0.2, 0.25) is 0 Å². The number of methoxy groups -OCH3 is 1. The number of nitrogens with one attached hydrogen (secondary N) is 2. The maximum Gasteiger partial charge on any atom is 0.0474 e. The second-order valence-electron chi connectivity index (χ2n) is 4.25. The molecule has 0 spiro atoms. The molecule has 2 N–H and O–H groups in total. The zero-order valence-corrected chi connectivity index (χ0v) is 10.1. The van der Waals surface area contributed by atoms with E-state index in [0.717, 1.165) is 38.6 Å². The smallest absolute Gasteiger partial charge is 0.0474 e. The fraction of sp³-hybridized carbons (Fsp3) is 1.00. The molecule has 0 saturated carbocycles. The zero-order valence-electron chi connectivity index (χ0n) is 10.1. The molecule has 86 valence electrons. The summed E-state index contributed by atoms with van der Waals surface area (Å²) in [5.74, 6) is 0.732. The van der Waals surface area contributed by atoms with Gasteiger partial charge in [0, 0.05) is 26.3 Å². The Hall–Kier alpha value is -0.120. The Balaban J connectivity index is 3.15. The van der Waals surface area contributed by atoms with Gasteiger partial charge in [0.1, 0.15) is 0 Å². The predicted molar refractivity (Wildman–Crippen MR) is 61.7 cm³/mol. The lowest BCUT2D eigenvalue weighted by atomic mass is 10.2. The molecule has 1 atom stereocenters. The van der Waals surface area contributed by atoms with Crippen LogP contribution in [0.25, 0.3) is 0 Å². The van der Waals surface area contributed by atoms with E-state index in [1.165, 1.54) is 0 Å². The van der Waals surface area contributed by atoms with Gasteiger partial charge < -0.3 is 15.4 Å². The summed E-state index contributed by atoms with van der Waals surface area (Å²) in [6.45, 7) is 10.7. The maximum atomic E-state index is 4.98. The summed E-state index contributed by atoms with van der Waals surface area (Å²) in [7, 11) is 1.74. The summed E-state index contributed by atoms with van der Waals surface area (Å²) >= 11 is 0. The van der Waals surface area contributed by atoms with Crippen LogP contribution in [-0.2, 0) is 4.74 Å². The largest absolute Gasteiger partial charge is 0.385 e. The third-order valence-electron chi connectivity index (χ3n) is 2.02. The van der Waals surface area contributed by atoms with Crippen molar-refractivity contribution in [2.75, 3.05) is 33.4 Å². The van der Waals surface area contributed by atoms with Gasteiger partial charge in [-0.05, 0) is 32.4 Å². The van der Waals surface area contributed by atoms with Gasteiger partial charge >= 0.3 is 0 Å². The minimum absolute atomic E-state index is 0.547. The van der Waals surface area contributed by atoms with Crippen molar-refractivity contribution < 1.29 is 4.74 Å². The molecular weight excluding hydrogens is 176 g/mol. The Kier molecular flexibility index (Phi) is 9.35. The summed E-state index contributed by atoms with van der Waals surface area (Å²) in [6, 6.07) is 0.547. The van der Waals surface area contributed by atoms with E-state index in [1.54, 1.807) is 7.11 Å². The second-order valence-corrected chi connectivity index (χ2v) is 4.25. The van der Waals surface area contributed by atoms with E-state index in [9.17, 15) is 0 Å². The van der Waals surface area contributed by atoms with Crippen molar-refractivity contribution in [1.82, 2.24) is 10.6 Å². The van der Waals surface area contributed by atoms with E-state index in [0.29, 0.717) is 6.04 Å². The Labute approximate surface area is 88.6 Å². The highest BCUT2D eigenvalue weighted by Crippen LogP contribution is 1.88. The lowest BCUT2D eigenvalue weighted by Gasteiger charge is -2.15. The van der Waals surface area contributed by atoms with Crippen molar-refractivity contribution in [3.63, 3.8) is 0 Å². The van der Waals surface area contributed by atoms with Crippen LogP contribution in [0, 0.1) is 5.92 Å². The highest BCUT2D eigenvalue weighted by atomic mass is 16.5. The molecule has 1 unspecified atom stereocenters. The molecule has 0 aromatic rings. The average molecular weight is 202 g/mol. The molecule has 3 nitrogen and oxygen atoms in total. The van der Waals surface area contributed by atoms with Crippen molar-refractivity contribution in [1.29, 1.82) is 0 Å². The molecule has 0 saturated heterocycles. The maximum absolute atomic E-state index is 4.98. The molecule has 0 aliphatic rings. The van der Waals surface area contributed by atoms with Gasteiger partial charge in [-0.2, -0.15) is 0 Å². The van der Waals surface area contributed by atoms with Gasteiger partial charge in [0.05, 0.1) is 0 Å². The molecule has 0 heterocycles. The van der Waals surface area contributed by atoms with Crippen LogP contribution in [0.3, 0.4) is 0 Å². The summed E-state index contributed by atoms with van der Waals surface area (Å²) in [4.78, 5) is 0. The minimum Gasteiger partial charge on any atom is -0.385 e. The van der Waals surface area contributed by atoms with Gasteiger partial charge in [-0.1, -0.05) is 13.8 Å². The molecule has 0 aromatic heterocycles. The van der Waals surface area contributed by atoms with Crippen molar-refractivity contribution in [2.45, 2.75) is 33.2 Å². The topological polar surface area (TPSA) is 33.3 Å². The van der Waals surface area contributed by atoms with E-state index in [-0.39, 0.29) is 0 Å². The van der Waals surface area contributed by atoms with Crippen molar-refractivity contribution in [3.05, 3.63) is 0 Å². The minimum atomic E-state index is 0.547. The first kappa shape index (κ1) is 13.9. The molecule has 0 radical (unpaired) electrons. The third-order valence-corrected chi connectivity index (χ3v) is 2.02. The predicted octanol–water partition coefficient (Wildman–Crippen LogP) is 1.25. The summed E-state index contributed by atoms with van der Waals surface area (Å²) < 4.78 is 4.98. The molecule has 3 heteroatoms. The number of rotatable bonds is 9. The molecule has 0 amide bonds. The van der Waals surface area contributed by atoms with Crippen LogP contribution in [-0.4, -0.2) is 39.4 Å². The Morgan fingerprint density at radius 3 is 2.43 bits per heavy atom. The number of hydrogen-bond donors (Lipinski definition) is 2. The van der Waals surface area contributed by atoms with E-state index in [1.807, 2.05) is 0 Å². The fourth-order valence-corrected chi connectivity index (χ4v) is 1.23. The monoisotopic (exact) mass is 202 g/mol. The molecule has 0 aliphatic carbocycles. The van der Waals surface area contributed by atoms with Crippen molar-refractivity contribution in [3.8, 4) is 0 Å². The molecular formula is C11H26N2O. The van der Waals surface area contributed by atoms with Crippen LogP contribution >= 0.6 is 0 Å². The van der Waals surface area contributed by atoms with Crippen molar-refractivity contribution >= 4 is 0 Å². The van der Waals surface area contributed by atoms with Gasteiger partial charge in [-0.3, -0.25) is 0 Å². The molecule has 0 aromatic carbocycles. The first-order chi connectivity index (χ1) is 6.66. The van der Waals surface area contributed by atoms with E-state index < -0.39 is 0 Å². The highest BCUT2D eigenvalue weighted by Gasteiger charge is 2.00. The second kappa shape index (κ2) is 9.44. The molecule has 0 rings (SSSR count). The number of hydrogen-bond acceptors (Lipinski definition) is 3. The lowest BCUT2D eigenvalue weighted by Crippen LogP contribution is -2.38. The normalized spacial score (nSPS) is 13.5. The van der Waals surface area contributed by atoms with Crippen LogP contribution < -0.4 is 10.6 Å². The first-order valence-electron chi connectivity index (χ1n) is 5.59. The Morgan fingerprint density at radius 2 is 1.86 bits per heavy atom. The van der Waals surface area contributed by atoms with Gasteiger partial charge in [-0.25, -0.2) is 0 Å². The van der Waals surface area contributed by atoms with Gasteiger partial charge in [0.15, 0.2) is 0 Å². The molecule has 0 aliphatic heterocycles. The summed E-state index contributed by atoms with van der Waals surface area (Å²) in [5.41, 5.74) is 0. The van der Waals surface area contributed by atoms with Crippen LogP contribution in [0.15, 0.2) is 0 Å². The zero-order chi connectivity index (χ0) is 10.8. The fourth-order valence-electron chi connectivity index (χ4n) is 1.23. The Morgan fingerprint density at radius 1 is 1.14 bits per heavy atom. The van der Waals surface area contributed by atoms with E-state index >= 15 is 0 Å². The van der Waals surface area contributed by atoms with Crippen LogP contribution in [0.2, 0.25) is 0 Å².